The van der Waals surface area contributed by atoms with E-state index in [0.717, 1.165) is 44.5 Å². The van der Waals surface area contributed by atoms with Crippen LogP contribution in [0.4, 0.5) is 4.39 Å². The molecule has 0 aliphatic carbocycles. The molecule has 29 heavy (non-hydrogen) atoms. The van der Waals surface area contributed by atoms with Crippen LogP contribution in [0, 0.1) is 11.2 Å². The Labute approximate surface area is 169 Å². The summed E-state index contributed by atoms with van der Waals surface area (Å²) in [7, 11) is 3.69. The number of nitrogens with zero attached hydrogens (tertiary/aromatic N) is 4. The Morgan fingerprint density at radius 1 is 1.38 bits per heavy atom. The summed E-state index contributed by atoms with van der Waals surface area (Å²) < 4.78 is 23.7. The highest BCUT2D eigenvalue weighted by atomic mass is 19.1. The van der Waals surface area contributed by atoms with Crippen LogP contribution in [0.1, 0.15) is 42.6 Å². The van der Waals surface area contributed by atoms with E-state index in [1.807, 2.05) is 4.90 Å². The van der Waals surface area contributed by atoms with Crippen molar-refractivity contribution in [1.29, 1.82) is 0 Å². The van der Waals surface area contributed by atoms with Crippen molar-refractivity contribution < 1.29 is 18.4 Å². The van der Waals surface area contributed by atoms with Crippen molar-refractivity contribution in [1.82, 2.24) is 19.9 Å². The molecule has 2 aliphatic heterocycles. The molecule has 1 amide bonds. The highest BCUT2D eigenvalue weighted by molar-refractivity contribution is 5.78. The summed E-state index contributed by atoms with van der Waals surface area (Å²) in [6.07, 6.45) is 3.11. The molecule has 0 radical (unpaired) electrons. The Morgan fingerprint density at radius 3 is 2.90 bits per heavy atom. The molecule has 7 nitrogen and oxygen atoms in total. The molecule has 4 rings (SSSR count). The van der Waals surface area contributed by atoms with E-state index >= 15 is 0 Å². The van der Waals surface area contributed by atoms with Gasteiger partial charge in [0.05, 0.1) is 12.5 Å². The minimum absolute atomic E-state index is 0.0655. The normalized spacial score (nSPS) is 21.8. The molecule has 1 aromatic heterocycles. The number of likely N-dealkylation sites (tertiary alicyclic amines) is 2. The fourth-order valence-corrected chi connectivity index (χ4v) is 4.67. The lowest BCUT2D eigenvalue weighted by atomic mass is 9.76. The molecule has 2 aliphatic rings. The maximum absolute atomic E-state index is 13.4. The van der Waals surface area contributed by atoms with Gasteiger partial charge in [0.25, 0.3) is 5.89 Å². The largest absolute Gasteiger partial charge is 0.375 e. The predicted octanol–water partition coefficient (Wildman–Crippen LogP) is 2.58. The first kappa shape index (κ1) is 20.0. The topological polar surface area (TPSA) is 71.7 Å². The molecule has 2 saturated heterocycles. The minimum atomic E-state index is -0.303. The predicted molar refractivity (Wildman–Crippen MR) is 103 cm³/mol. The number of amides is 1. The van der Waals surface area contributed by atoms with Crippen molar-refractivity contribution in [3.8, 4) is 0 Å². The number of halogens is 1. The number of hydrogen-bond donors (Lipinski definition) is 0. The number of methoxy groups -OCH3 is 1. The summed E-state index contributed by atoms with van der Waals surface area (Å²) in [5.41, 5.74) is 0.886. The third-order valence-electron chi connectivity index (χ3n) is 6.21. The summed E-state index contributed by atoms with van der Waals surface area (Å²) in [6.45, 7) is 2.74. The first-order valence-corrected chi connectivity index (χ1v) is 10.0. The quantitative estimate of drug-likeness (QED) is 0.766. The first-order valence-electron chi connectivity index (χ1n) is 10.0. The number of ether oxygens (including phenoxy) is 1. The van der Waals surface area contributed by atoms with Crippen molar-refractivity contribution >= 4 is 5.91 Å². The monoisotopic (exact) mass is 402 g/mol. The lowest BCUT2D eigenvalue weighted by Gasteiger charge is -2.39. The zero-order valence-corrected chi connectivity index (χ0v) is 16.9. The van der Waals surface area contributed by atoms with E-state index in [1.54, 1.807) is 19.2 Å². The highest BCUT2D eigenvalue weighted by Crippen LogP contribution is 2.47. The molecule has 1 spiro atoms. The molecule has 0 saturated carbocycles. The lowest BCUT2D eigenvalue weighted by molar-refractivity contribution is -0.132. The second-order valence-electron chi connectivity index (χ2n) is 8.30. The molecule has 8 heteroatoms. The number of rotatable bonds is 5. The second kappa shape index (κ2) is 8.20. The van der Waals surface area contributed by atoms with E-state index in [4.69, 9.17) is 9.26 Å². The second-order valence-corrected chi connectivity index (χ2v) is 8.30. The molecule has 1 unspecified atom stereocenters. The van der Waals surface area contributed by atoms with Gasteiger partial charge in [-0.25, -0.2) is 4.39 Å². The Bertz CT molecular complexity index is 863. The minimum Gasteiger partial charge on any atom is -0.375 e. The van der Waals surface area contributed by atoms with Gasteiger partial charge in [0, 0.05) is 26.7 Å². The Kier molecular flexibility index (Phi) is 5.65. The molecule has 0 bridgehead atoms. The molecular formula is C21H27FN4O3. The highest BCUT2D eigenvalue weighted by Gasteiger charge is 2.46. The van der Waals surface area contributed by atoms with Crippen LogP contribution >= 0.6 is 0 Å². The van der Waals surface area contributed by atoms with Crippen molar-refractivity contribution in [2.75, 3.05) is 33.8 Å². The Balaban J connectivity index is 1.35. The fraction of sp³-hybridized carbons (Fsp3) is 0.571. The van der Waals surface area contributed by atoms with Crippen molar-refractivity contribution in [2.45, 2.75) is 38.3 Å². The number of carbonyl (C=O) groups is 1. The molecular weight excluding hydrogens is 375 g/mol. The average Bonchev–Trinajstić information content (AvgIpc) is 3.27. The molecule has 0 N–H and O–H groups in total. The van der Waals surface area contributed by atoms with Gasteiger partial charge in [0.15, 0.2) is 5.82 Å². The number of piperidine rings is 1. The maximum Gasteiger partial charge on any atom is 0.252 e. The first-order chi connectivity index (χ1) is 14.0. The van der Waals surface area contributed by atoms with Crippen LogP contribution in [0.3, 0.4) is 0 Å². The molecule has 1 aromatic carbocycles. The number of hydrogen-bond acceptors (Lipinski definition) is 6. The van der Waals surface area contributed by atoms with Crippen LogP contribution in [0.2, 0.25) is 0 Å². The average molecular weight is 402 g/mol. The number of benzene rings is 1. The van der Waals surface area contributed by atoms with E-state index in [2.05, 4.69) is 22.1 Å². The third kappa shape index (κ3) is 4.33. The summed E-state index contributed by atoms with van der Waals surface area (Å²) in [5, 5.41) is 4.14. The van der Waals surface area contributed by atoms with E-state index in [-0.39, 0.29) is 29.6 Å². The van der Waals surface area contributed by atoms with Gasteiger partial charge in [-0.1, -0.05) is 17.3 Å². The van der Waals surface area contributed by atoms with Crippen LogP contribution < -0.4 is 0 Å². The van der Waals surface area contributed by atoms with E-state index < -0.39 is 0 Å². The van der Waals surface area contributed by atoms with Crippen LogP contribution in [-0.2, 0) is 22.6 Å². The van der Waals surface area contributed by atoms with Gasteiger partial charge < -0.3 is 14.2 Å². The van der Waals surface area contributed by atoms with Crippen molar-refractivity contribution in [2.24, 2.45) is 5.41 Å². The Morgan fingerprint density at radius 2 is 2.17 bits per heavy atom. The molecule has 2 fully saturated rings. The molecule has 3 heterocycles. The van der Waals surface area contributed by atoms with Crippen LogP contribution in [0.5, 0.6) is 0 Å². The van der Waals surface area contributed by atoms with Crippen LogP contribution in [0.25, 0.3) is 0 Å². The molecule has 1 atom stereocenters. The lowest BCUT2D eigenvalue weighted by Crippen LogP contribution is -2.44. The standard InChI is InChI=1S/C21H27FN4O3/c1-25-14-21(12-17(25)20-23-18(13-28-2)29-24-20)6-8-26(9-7-21)19(27)11-15-4-3-5-16(22)10-15/h3-5,10,17H,6-9,11-14H2,1-2H3. The summed E-state index contributed by atoms with van der Waals surface area (Å²) >= 11 is 0. The van der Waals surface area contributed by atoms with E-state index in [1.165, 1.54) is 12.1 Å². The smallest absolute Gasteiger partial charge is 0.252 e. The third-order valence-corrected chi connectivity index (χ3v) is 6.21. The number of aromatic nitrogens is 2. The van der Waals surface area contributed by atoms with Gasteiger partial charge in [-0.3, -0.25) is 9.69 Å². The zero-order valence-electron chi connectivity index (χ0n) is 16.9. The van der Waals surface area contributed by atoms with Gasteiger partial charge >= 0.3 is 0 Å². The van der Waals surface area contributed by atoms with Crippen molar-refractivity contribution in [3.63, 3.8) is 0 Å². The van der Waals surface area contributed by atoms with Gasteiger partial charge in [0.1, 0.15) is 12.4 Å². The van der Waals surface area contributed by atoms with Crippen molar-refractivity contribution in [3.05, 3.63) is 47.4 Å². The van der Waals surface area contributed by atoms with Gasteiger partial charge in [-0.2, -0.15) is 4.98 Å². The van der Waals surface area contributed by atoms with Gasteiger partial charge in [-0.05, 0) is 49.4 Å². The maximum atomic E-state index is 13.4. The van der Waals surface area contributed by atoms with Gasteiger partial charge in [-0.15, -0.1) is 0 Å². The summed E-state index contributed by atoms with van der Waals surface area (Å²) in [5.74, 6) is 0.967. The Hall–Kier alpha value is -2.32. The molecule has 156 valence electrons. The summed E-state index contributed by atoms with van der Waals surface area (Å²) in [4.78, 5) is 21.3. The van der Waals surface area contributed by atoms with Crippen LogP contribution in [-0.4, -0.2) is 59.6 Å². The van der Waals surface area contributed by atoms with Crippen LogP contribution in [0.15, 0.2) is 28.8 Å². The zero-order chi connectivity index (χ0) is 20.4. The fourth-order valence-electron chi connectivity index (χ4n) is 4.67. The number of carbonyl (C=O) groups excluding carboxylic acids is 1. The summed E-state index contributed by atoms with van der Waals surface area (Å²) in [6, 6.07) is 6.40. The van der Waals surface area contributed by atoms with Gasteiger partial charge in [0.2, 0.25) is 5.91 Å². The molecule has 2 aromatic rings. The van der Waals surface area contributed by atoms with E-state index in [0.29, 0.717) is 18.3 Å². The van der Waals surface area contributed by atoms with E-state index in [9.17, 15) is 9.18 Å². The SMILES string of the molecule is COCc1nc(C2CC3(CCN(C(=O)Cc4cccc(F)c4)CC3)CN2C)no1.